The SMILES string of the molecule is CN1C(=O)/C(=C\c2ccc(O)c(C(=O)O)c2)C(=O)c2ccccc21. The number of hydrogen-bond donors (Lipinski definition) is 2. The molecule has 1 amide bonds. The lowest BCUT2D eigenvalue weighted by Crippen LogP contribution is -2.36. The van der Waals surface area contributed by atoms with Crippen LogP contribution in [0.5, 0.6) is 5.75 Å². The molecular formula is C18H13NO5. The normalized spacial score (nSPS) is 15.5. The van der Waals surface area contributed by atoms with Crippen LogP contribution in [0.3, 0.4) is 0 Å². The van der Waals surface area contributed by atoms with Gasteiger partial charge in [-0.15, -0.1) is 0 Å². The quantitative estimate of drug-likeness (QED) is 0.653. The third kappa shape index (κ3) is 2.44. The predicted molar refractivity (Wildman–Crippen MR) is 87.2 cm³/mol. The lowest BCUT2D eigenvalue weighted by molar-refractivity contribution is -0.114. The predicted octanol–water partition coefficient (Wildman–Crippen LogP) is 2.33. The van der Waals surface area contributed by atoms with Crippen molar-refractivity contribution in [1.29, 1.82) is 0 Å². The number of Topliss-reactive ketones (excluding diaryl/α,β-unsaturated/α-hetero) is 1. The van der Waals surface area contributed by atoms with E-state index >= 15 is 0 Å². The lowest BCUT2D eigenvalue weighted by Gasteiger charge is -2.26. The van der Waals surface area contributed by atoms with E-state index in [1.165, 1.54) is 29.2 Å². The Hall–Kier alpha value is -3.41. The molecule has 0 saturated carbocycles. The van der Waals surface area contributed by atoms with Gasteiger partial charge in [0.05, 0.1) is 11.3 Å². The Labute approximate surface area is 137 Å². The van der Waals surface area contributed by atoms with Crippen LogP contribution in [0.25, 0.3) is 6.08 Å². The van der Waals surface area contributed by atoms with Crippen LogP contribution >= 0.6 is 0 Å². The Bertz CT molecular complexity index is 913. The third-order valence-corrected chi connectivity index (χ3v) is 3.85. The molecular weight excluding hydrogens is 310 g/mol. The molecule has 2 aromatic rings. The summed E-state index contributed by atoms with van der Waals surface area (Å²) in [6.07, 6.45) is 1.34. The third-order valence-electron chi connectivity index (χ3n) is 3.85. The first-order valence-corrected chi connectivity index (χ1v) is 7.10. The van der Waals surface area contributed by atoms with E-state index < -0.39 is 17.7 Å². The summed E-state index contributed by atoms with van der Waals surface area (Å²) in [6.45, 7) is 0. The molecule has 0 radical (unpaired) electrons. The number of aromatic hydroxyl groups is 1. The number of nitrogens with zero attached hydrogens (tertiary/aromatic N) is 1. The molecule has 0 atom stereocenters. The summed E-state index contributed by atoms with van der Waals surface area (Å²) in [6, 6.07) is 10.6. The molecule has 1 aliphatic rings. The smallest absolute Gasteiger partial charge is 0.339 e. The second kappa shape index (κ2) is 5.66. The minimum absolute atomic E-state index is 0.0572. The van der Waals surface area contributed by atoms with Crippen molar-refractivity contribution >= 4 is 29.4 Å². The number of anilines is 1. The first-order chi connectivity index (χ1) is 11.4. The summed E-state index contributed by atoms with van der Waals surface area (Å²) in [4.78, 5) is 37.5. The highest BCUT2D eigenvalue weighted by molar-refractivity contribution is 6.36. The zero-order valence-electron chi connectivity index (χ0n) is 12.7. The fourth-order valence-corrected chi connectivity index (χ4v) is 2.60. The number of carboxylic acids is 1. The molecule has 6 nitrogen and oxygen atoms in total. The van der Waals surface area contributed by atoms with Gasteiger partial charge in [-0.1, -0.05) is 18.2 Å². The van der Waals surface area contributed by atoms with Gasteiger partial charge in [-0.25, -0.2) is 4.79 Å². The van der Waals surface area contributed by atoms with E-state index in [1.807, 2.05) is 0 Å². The van der Waals surface area contributed by atoms with Crippen molar-refractivity contribution in [2.45, 2.75) is 0 Å². The van der Waals surface area contributed by atoms with E-state index in [0.717, 1.165) is 0 Å². The van der Waals surface area contributed by atoms with Crippen molar-refractivity contribution in [3.8, 4) is 5.75 Å². The first-order valence-electron chi connectivity index (χ1n) is 7.10. The molecule has 0 saturated heterocycles. The monoisotopic (exact) mass is 323 g/mol. The molecule has 0 aliphatic carbocycles. The summed E-state index contributed by atoms with van der Waals surface area (Å²) in [5, 5.41) is 18.6. The van der Waals surface area contributed by atoms with Crippen LogP contribution in [-0.4, -0.2) is 34.9 Å². The molecule has 2 aromatic carbocycles. The molecule has 0 unspecified atom stereocenters. The van der Waals surface area contributed by atoms with Crippen LogP contribution in [0, 0.1) is 0 Å². The number of aromatic carboxylic acids is 1. The van der Waals surface area contributed by atoms with Gasteiger partial charge in [-0.3, -0.25) is 9.59 Å². The number of fused-ring (bicyclic) bond motifs is 1. The van der Waals surface area contributed by atoms with Crippen LogP contribution in [0.2, 0.25) is 0 Å². The second-order valence-electron chi connectivity index (χ2n) is 5.35. The van der Waals surface area contributed by atoms with Crippen LogP contribution < -0.4 is 4.90 Å². The van der Waals surface area contributed by atoms with Crippen molar-refractivity contribution < 1.29 is 24.6 Å². The van der Waals surface area contributed by atoms with Gasteiger partial charge in [-0.05, 0) is 35.9 Å². The highest BCUT2D eigenvalue weighted by Crippen LogP contribution is 2.30. The van der Waals surface area contributed by atoms with E-state index in [0.29, 0.717) is 16.8 Å². The number of amides is 1. The Kier molecular flexibility index (Phi) is 3.65. The van der Waals surface area contributed by atoms with Crippen LogP contribution in [0.1, 0.15) is 26.3 Å². The summed E-state index contributed by atoms with van der Waals surface area (Å²) >= 11 is 0. The number of benzene rings is 2. The number of carbonyl (C=O) groups is 3. The van der Waals surface area contributed by atoms with Crippen molar-refractivity contribution in [2.75, 3.05) is 11.9 Å². The second-order valence-corrected chi connectivity index (χ2v) is 5.35. The molecule has 24 heavy (non-hydrogen) atoms. The van der Waals surface area contributed by atoms with E-state index in [4.69, 9.17) is 5.11 Å². The Morgan fingerprint density at radius 2 is 1.83 bits per heavy atom. The molecule has 3 rings (SSSR count). The number of phenols is 1. The number of hydrogen-bond acceptors (Lipinski definition) is 4. The zero-order chi connectivity index (χ0) is 17.4. The summed E-state index contributed by atoms with van der Waals surface area (Å²) in [5.74, 6) is -2.56. The molecule has 6 heteroatoms. The summed E-state index contributed by atoms with van der Waals surface area (Å²) < 4.78 is 0. The molecule has 0 bridgehead atoms. The first kappa shape index (κ1) is 15.5. The van der Waals surface area contributed by atoms with Gasteiger partial charge in [0.25, 0.3) is 5.91 Å². The molecule has 0 spiro atoms. The van der Waals surface area contributed by atoms with Crippen LogP contribution in [-0.2, 0) is 4.79 Å². The number of para-hydroxylation sites is 1. The minimum Gasteiger partial charge on any atom is -0.507 e. The Morgan fingerprint density at radius 3 is 2.54 bits per heavy atom. The maximum Gasteiger partial charge on any atom is 0.339 e. The lowest BCUT2D eigenvalue weighted by atomic mass is 9.93. The van der Waals surface area contributed by atoms with Crippen LogP contribution in [0.15, 0.2) is 48.0 Å². The number of ketones is 1. The van der Waals surface area contributed by atoms with Gasteiger partial charge in [-0.2, -0.15) is 0 Å². The summed E-state index contributed by atoms with van der Waals surface area (Å²) in [5.41, 5.74) is 0.923. The Morgan fingerprint density at radius 1 is 1.12 bits per heavy atom. The molecule has 1 heterocycles. The van der Waals surface area contributed by atoms with Gasteiger partial charge < -0.3 is 15.1 Å². The van der Waals surface area contributed by atoms with Gasteiger partial charge in [0.15, 0.2) is 0 Å². The maximum atomic E-state index is 12.6. The number of carboxylic acid groups (broad SMARTS) is 1. The highest BCUT2D eigenvalue weighted by Gasteiger charge is 2.32. The average molecular weight is 323 g/mol. The largest absolute Gasteiger partial charge is 0.507 e. The van der Waals surface area contributed by atoms with E-state index in [9.17, 15) is 19.5 Å². The number of rotatable bonds is 2. The summed E-state index contributed by atoms with van der Waals surface area (Å²) in [7, 11) is 1.57. The minimum atomic E-state index is -1.29. The van der Waals surface area contributed by atoms with E-state index in [-0.39, 0.29) is 16.9 Å². The Balaban J connectivity index is 2.11. The van der Waals surface area contributed by atoms with E-state index in [1.54, 1.807) is 31.3 Å². The molecule has 120 valence electrons. The highest BCUT2D eigenvalue weighted by atomic mass is 16.4. The van der Waals surface area contributed by atoms with E-state index in [2.05, 4.69) is 0 Å². The van der Waals surface area contributed by atoms with Crippen molar-refractivity contribution in [3.05, 3.63) is 64.7 Å². The number of likely N-dealkylation sites (N-methyl/N-ethyl adjacent to an activating group) is 1. The molecule has 0 fully saturated rings. The average Bonchev–Trinajstić information content (AvgIpc) is 2.58. The van der Waals surface area contributed by atoms with Crippen molar-refractivity contribution in [3.63, 3.8) is 0 Å². The van der Waals surface area contributed by atoms with Crippen LogP contribution in [0.4, 0.5) is 5.69 Å². The molecule has 1 aliphatic heterocycles. The van der Waals surface area contributed by atoms with Crippen molar-refractivity contribution in [1.82, 2.24) is 0 Å². The van der Waals surface area contributed by atoms with Gasteiger partial charge >= 0.3 is 5.97 Å². The molecule has 2 N–H and O–H groups in total. The molecule has 0 aromatic heterocycles. The van der Waals surface area contributed by atoms with Crippen molar-refractivity contribution in [2.24, 2.45) is 0 Å². The standard InChI is InChI=1S/C18H13NO5/c1-19-14-5-3-2-4-11(14)16(21)13(17(19)22)9-10-6-7-15(20)12(8-10)18(23)24/h2-9,20H,1H3,(H,23,24)/b13-9-. The fourth-order valence-electron chi connectivity index (χ4n) is 2.60. The van der Waals surface area contributed by atoms with Gasteiger partial charge in [0.1, 0.15) is 11.3 Å². The fraction of sp³-hybridized carbons (Fsp3) is 0.0556. The zero-order valence-corrected chi connectivity index (χ0v) is 12.7. The van der Waals surface area contributed by atoms with Gasteiger partial charge in [0, 0.05) is 12.6 Å². The number of carbonyl (C=O) groups excluding carboxylic acids is 2. The maximum absolute atomic E-state index is 12.6. The topological polar surface area (TPSA) is 94.9 Å². The van der Waals surface area contributed by atoms with Gasteiger partial charge in [0.2, 0.25) is 5.78 Å².